The highest BCUT2D eigenvalue weighted by molar-refractivity contribution is 6.30. The van der Waals surface area contributed by atoms with Gasteiger partial charge in [-0.1, -0.05) is 54.1 Å². The predicted molar refractivity (Wildman–Crippen MR) is 92.7 cm³/mol. The molecule has 2 atom stereocenters. The number of piperidine rings is 3. The molecule has 3 heterocycles. The summed E-state index contributed by atoms with van der Waals surface area (Å²) in [4.78, 5) is 1.64. The van der Waals surface area contributed by atoms with Crippen molar-refractivity contribution in [2.45, 2.75) is 18.4 Å². The number of quaternary nitrogens is 1. The third-order valence-corrected chi connectivity index (χ3v) is 6.10. The number of fused-ring (bicyclic) bond motifs is 3. The monoisotopic (exact) mass is 328 g/mol. The van der Waals surface area contributed by atoms with E-state index in [2.05, 4.69) is 12.1 Å². The van der Waals surface area contributed by atoms with Crippen LogP contribution < -0.4 is 4.90 Å². The summed E-state index contributed by atoms with van der Waals surface area (Å²) < 4.78 is 0. The smallest absolute Gasteiger partial charge is 0.123 e. The molecule has 2 aromatic rings. The van der Waals surface area contributed by atoms with Gasteiger partial charge < -0.3 is 10.0 Å². The standard InChI is InChI=1S/C20H22ClNO/c21-18-8-6-17(7-9-18)20(23,16-4-2-1-3-5-16)19-14-22-12-10-15(19)11-13-22/h1-9,15,19,23H,10-14H2/p+1/t19-,20-/m0/s1. The summed E-state index contributed by atoms with van der Waals surface area (Å²) in [5.41, 5.74) is 1.04. The zero-order chi connectivity index (χ0) is 15.9. The van der Waals surface area contributed by atoms with E-state index in [1.165, 1.54) is 25.9 Å². The maximum absolute atomic E-state index is 11.9. The van der Waals surface area contributed by atoms with Crippen molar-refractivity contribution in [3.8, 4) is 0 Å². The molecule has 0 aromatic heterocycles. The van der Waals surface area contributed by atoms with Crippen molar-refractivity contribution in [3.63, 3.8) is 0 Å². The Labute approximate surface area is 142 Å². The van der Waals surface area contributed by atoms with Crippen LogP contribution in [0.5, 0.6) is 0 Å². The molecule has 23 heavy (non-hydrogen) atoms. The summed E-state index contributed by atoms with van der Waals surface area (Å²) in [5, 5.41) is 12.6. The Hall–Kier alpha value is -1.35. The van der Waals surface area contributed by atoms with Gasteiger partial charge in [0.05, 0.1) is 19.6 Å². The fourth-order valence-electron chi connectivity index (χ4n) is 4.61. The number of benzene rings is 2. The first-order chi connectivity index (χ1) is 11.2. The average Bonchev–Trinajstić information content (AvgIpc) is 2.63. The summed E-state index contributed by atoms with van der Waals surface area (Å²) in [6, 6.07) is 17.9. The Balaban J connectivity index is 1.82. The second-order valence-corrected chi connectivity index (χ2v) is 7.47. The van der Waals surface area contributed by atoms with Crippen LogP contribution in [0.4, 0.5) is 0 Å². The zero-order valence-corrected chi connectivity index (χ0v) is 14.0. The quantitative estimate of drug-likeness (QED) is 0.889. The normalized spacial score (nSPS) is 29.2. The largest absolute Gasteiger partial charge is 0.380 e. The van der Waals surface area contributed by atoms with Gasteiger partial charge in [-0.15, -0.1) is 0 Å². The fourth-order valence-corrected chi connectivity index (χ4v) is 4.74. The van der Waals surface area contributed by atoms with Crippen molar-refractivity contribution in [1.82, 2.24) is 0 Å². The molecule has 3 aliphatic heterocycles. The molecular weight excluding hydrogens is 306 g/mol. The van der Waals surface area contributed by atoms with Crippen LogP contribution in [0.1, 0.15) is 24.0 Å². The van der Waals surface area contributed by atoms with Gasteiger partial charge in [0, 0.05) is 23.8 Å². The molecule has 2 nitrogen and oxygen atoms in total. The van der Waals surface area contributed by atoms with Crippen molar-refractivity contribution >= 4 is 11.6 Å². The third kappa shape index (κ3) is 2.59. The van der Waals surface area contributed by atoms with Crippen LogP contribution in [0.2, 0.25) is 5.02 Å². The highest BCUT2D eigenvalue weighted by Gasteiger charge is 2.50. The van der Waals surface area contributed by atoms with Crippen molar-refractivity contribution < 1.29 is 10.0 Å². The first-order valence-electron chi connectivity index (χ1n) is 8.55. The molecule has 0 unspecified atom stereocenters. The Morgan fingerprint density at radius 3 is 2.09 bits per heavy atom. The zero-order valence-electron chi connectivity index (χ0n) is 13.2. The van der Waals surface area contributed by atoms with Gasteiger partial charge in [-0.25, -0.2) is 0 Å². The van der Waals surface area contributed by atoms with Gasteiger partial charge in [0.25, 0.3) is 0 Å². The van der Waals surface area contributed by atoms with Gasteiger partial charge in [-0.2, -0.15) is 0 Å². The highest BCUT2D eigenvalue weighted by atomic mass is 35.5. The second kappa shape index (κ2) is 5.94. The van der Waals surface area contributed by atoms with Crippen LogP contribution in [0.3, 0.4) is 0 Å². The molecule has 2 N–H and O–H groups in total. The Morgan fingerprint density at radius 2 is 1.52 bits per heavy atom. The Kier molecular flexibility index (Phi) is 3.92. The van der Waals surface area contributed by atoms with Gasteiger partial charge >= 0.3 is 0 Å². The number of rotatable bonds is 3. The van der Waals surface area contributed by atoms with Gasteiger partial charge in [0.2, 0.25) is 0 Å². The lowest BCUT2D eigenvalue weighted by molar-refractivity contribution is -0.922. The molecule has 3 heteroatoms. The molecule has 120 valence electrons. The van der Waals surface area contributed by atoms with E-state index < -0.39 is 5.60 Å². The summed E-state index contributed by atoms with van der Waals surface area (Å²) in [6.07, 6.45) is 2.45. The van der Waals surface area contributed by atoms with Crippen LogP contribution in [-0.2, 0) is 5.60 Å². The van der Waals surface area contributed by atoms with E-state index >= 15 is 0 Å². The molecule has 0 amide bonds. The van der Waals surface area contributed by atoms with Crippen LogP contribution in [-0.4, -0.2) is 24.7 Å². The Morgan fingerprint density at radius 1 is 0.913 bits per heavy atom. The van der Waals surface area contributed by atoms with Gasteiger partial charge in [-0.3, -0.25) is 0 Å². The molecule has 3 fully saturated rings. The molecule has 0 spiro atoms. The number of aliphatic hydroxyl groups is 1. The van der Waals surface area contributed by atoms with Crippen molar-refractivity contribution in [3.05, 3.63) is 70.7 Å². The van der Waals surface area contributed by atoms with E-state index in [-0.39, 0.29) is 5.92 Å². The first kappa shape index (κ1) is 15.2. The van der Waals surface area contributed by atoms with E-state index in [1.54, 1.807) is 4.90 Å². The molecule has 3 saturated heterocycles. The molecule has 5 rings (SSSR count). The molecule has 0 radical (unpaired) electrons. The molecule has 0 aliphatic carbocycles. The van der Waals surface area contributed by atoms with E-state index in [1.807, 2.05) is 42.5 Å². The van der Waals surface area contributed by atoms with Crippen LogP contribution in [0.25, 0.3) is 0 Å². The topological polar surface area (TPSA) is 24.7 Å². The van der Waals surface area contributed by atoms with Gasteiger partial charge in [0.15, 0.2) is 0 Å². The fraction of sp³-hybridized carbons (Fsp3) is 0.400. The number of hydrogen-bond donors (Lipinski definition) is 2. The van der Waals surface area contributed by atoms with Crippen LogP contribution in [0.15, 0.2) is 54.6 Å². The third-order valence-electron chi connectivity index (χ3n) is 5.85. The number of nitrogens with one attached hydrogen (secondary N) is 1. The molecule has 2 aromatic carbocycles. The molecule has 0 saturated carbocycles. The molecule has 3 aliphatic rings. The summed E-state index contributed by atoms with van der Waals surface area (Å²) >= 11 is 6.07. The van der Waals surface area contributed by atoms with Crippen LogP contribution >= 0.6 is 11.6 Å². The lowest BCUT2D eigenvalue weighted by Crippen LogP contribution is -3.16. The van der Waals surface area contributed by atoms with Gasteiger partial charge in [0.1, 0.15) is 5.60 Å². The maximum atomic E-state index is 11.9. The lowest BCUT2D eigenvalue weighted by Gasteiger charge is -2.49. The summed E-state index contributed by atoms with van der Waals surface area (Å²) in [5.74, 6) is 0.872. The highest BCUT2D eigenvalue weighted by Crippen LogP contribution is 2.43. The summed E-state index contributed by atoms with van der Waals surface area (Å²) in [7, 11) is 0. The van der Waals surface area contributed by atoms with Crippen molar-refractivity contribution in [2.24, 2.45) is 11.8 Å². The first-order valence-corrected chi connectivity index (χ1v) is 8.93. The average molecular weight is 329 g/mol. The SMILES string of the molecule is O[C@@](c1ccccc1)(c1ccc(Cl)cc1)[C@H]1C[NH+]2CCC1CC2. The number of hydrogen-bond acceptors (Lipinski definition) is 1. The minimum Gasteiger partial charge on any atom is -0.380 e. The maximum Gasteiger partial charge on any atom is 0.123 e. The summed E-state index contributed by atoms with van der Waals surface area (Å²) in [6.45, 7) is 3.57. The van der Waals surface area contributed by atoms with E-state index in [4.69, 9.17) is 11.6 Å². The van der Waals surface area contributed by atoms with Gasteiger partial charge in [-0.05, 0) is 29.2 Å². The van der Waals surface area contributed by atoms with E-state index in [9.17, 15) is 5.11 Å². The second-order valence-electron chi connectivity index (χ2n) is 7.04. The lowest BCUT2D eigenvalue weighted by atomic mass is 9.65. The minimum absolute atomic E-state index is 0.267. The molecular formula is C20H23ClNO+. The van der Waals surface area contributed by atoms with Crippen molar-refractivity contribution in [2.75, 3.05) is 19.6 Å². The molecule has 2 bridgehead atoms. The predicted octanol–water partition coefficient (Wildman–Crippen LogP) is 2.50. The van der Waals surface area contributed by atoms with Crippen LogP contribution in [0, 0.1) is 11.8 Å². The van der Waals surface area contributed by atoms with E-state index in [0.29, 0.717) is 10.9 Å². The van der Waals surface area contributed by atoms with Crippen molar-refractivity contribution in [1.29, 1.82) is 0 Å². The number of halogens is 1. The Bertz CT molecular complexity index is 664. The van der Waals surface area contributed by atoms with E-state index in [0.717, 1.165) is 17.7 Å². The minimum atomic E-state index is -0.928.